The van der Waals surface area contributed by atoms with Crippen molar-refractivity contribution in [2.75, 3.05) is 6.61 Å². The molecule has 0 saturated heterocycles. The smallest absolute Gasteiger partial charge is 0.218 e. The minimum absolute atomic E-state index is 0.270. The molecule has 0 aliphatic carbocycles. The van der Waals surface area contributed by atoms with Gasteiger partial charge < -0.3 is 4.74 Å². The second kappa shape index (κ2) is 4.79. The monoisotopic (exact) mass is 228 g/mol. The van der Waals surface area contributed by atoms with Gasteiger partial charge in [-0.3, -0.25) is 0 Å². The molecule has 0 amide bonds. The van der Waals surface area contributed by atoms with Crippen molar-refractivity contribution in [3.63, 3.8) is 0 Å². The van der Waals surface area contributed by atoms with Gasteiger partial charge in [0.25, 0.3) is 0 Å². The van der Waals surface area contributed by atoms with E-state index in [0.29, 0.717) is 23.5 Å². The molecule has 1 aromatic heterocycles. The molecule has 4 heteroatoms. The maximum absolute atomic E-state index is 5.79. The Hall–Kier alpha value is -0.830. The molecule has 15 heavy (non-hydrogen) atoms. The first-order valence-electron chi connectivity index (χ1n) is 5.01. The van der Waals surface area contributed by atoms with E-state index >= 15 is 0 Å². The average Bonchev–Trinajstić information content (AvgIpc) is 1.99. The summed E-state index contributed by atoms with van der Waals surface area (Å²) in [6, 6.07) is 1.64. The molecule has 0 atom stereocenters. The Morgan fingerprint density at radius 3 is 2.53 bits per heavy atom. The highest BCUT2D eigenvalue weighted by Gasteiger charge is 2.10. The van der Waals surface area contributed by atoms with Crippen LogP contribution in [0.2, 0.25) is 5.15 Å². The van der Waals surface area contributed by atoms with Crippen LogP contribution >= 0.6 is 11.6 Å². The number of hydrogen-bond donors (Lipinski definition) is 0. The standard InChI is InChI=1S/C11H17ClN2O/c1-8-13-9(12)7-10(14-8)15-6-5-11(2,3)4/h7H,5-6H2,1-4H3. The van der Waals surface area contributed by atoms with Crippen LogP contribution in [0, 0.1) is 12.3 Å². The molecular formula is C11H17ClN2O. The lowest BCUT2D eigenvalue weighted by atomic mass is 9.93. The van der Waals surface area contributed by atoms with Gasteiger partial charge in [0.1, 0.15) is 11.0 Å². The minimum atomic E-state index is 0.270. The van der Waals surface area contributed by atoms with Gasteiger partial charge in [0, 0.05) is 6.07 Å². The van der Waals surface area contributed by atoms with Gasteiger partial charge in [-0.2, -0.15) is 4.98 Å². The van der Waals surface area contributed by atoms with Crippen LogP contribution in [0.15, 0.2) is 6.07 Å². The van der Waals surface area contributed by atoms with Crippen LogP contribution in [0.3, 0.4) is 0 Å². The Morgan fingerprint density at radius 2 is 2.00 bits per heavy atom. The number of halogens is 1. The third-order valence-electron chi connectivity index (χ3n) is 1.89. The van der Waals surface area contributed by atoms with Crippen molar-refractivity contribution in [2.24, 2.45) is 5.41 Å². The average molecular weight is 229 g/mol. The van der Waals surface area contributed by atoms with E-state index in [1.54, 1.807) is 13.0 Å². The summed E-state index contributed by atoms with van der Waals surface area (Å²) in [5, 5.41) is 0.424. The van der Waals surface area contributed by atoms with Crippen molar-refractivity contribution in [2.45, 2.75) is 34.1 Å². The number of aryl methyl sites for hydroxylation is 1. The van der Waals surface area contributed by atoms with Gasteiger partial charge in [0.2, 0.25) is 5.88 Å². The molecule has 0 radical (unpaired) electrons. The van der Waals surface area contributed by atoms with Crippen LogP contribution in [-0.2, 0) is 0 Å². The quantitative estimate of drug-likeness (QED) is 0.745. The largest absolute Gasteiger partial charge is 0.478 e. The molecule has 0 spiro atoms. The molecule has 1 rings (SSSR count). The first kappa shape index (κ1) is 12.2. The lowest BCUT2D eigenvalue weighted by molar-refractivity contribution is 0.236. The number of ether oxygens (including phenoxy) is 1. The third kappa shape index (κ3) is 4.98. The highest BCUT2D eigenvalue weighted by molar-refractivity contribution is 6.29. The highest BCUT2D eigenvalue weighted by atomic mass is 35.5. The van der Waals surface area contributed by atoms with E-state index in [9.17, 15) is 0 Å². The van der Waals surface area contributed by atoms with Crippen molar-refractivity contribution >= 4 is 11.6 Å². The van der Waals surface area contributed by atoms with Crippen LogP contribution in [0.25, 0.3) is 0 Å². The van der Waals surface area contributed by atoms with E-state index in [4.69, 9.17) is 16.3 Å². The lowest BCUT2D eigenvalue weighted by Crippen LogP contribution is -2.11. The predicted octanol–water partition coefficient (Wildman–Crippen LogP) is 3.25. The zero-order chi connectivity index (χ0) is 11.5. The highest BCUT2D eigenvalue weighted by Crippen LogP contribution is 2.19. The van der Waals surface area contributed by atoms with Crippen LogP contribution in [0.4, 0.5) is 0 Å². The summed E-state index contributed by atoms with van der Waals surface area (Å²) in [4.78, 5) is 8.10. The Labute approximate surface area is 95.8 Å². The van der Waals surface area contributed by atoms with Gasteiger partial charge in [0.05, 0.1) is 6.61 Å². The van der Waals surface area contributed by atoms with Crippen molar-refractivity contribution < 1.29 is 4.74 Å². The van der Waals surface area contributed by atoms with Crippen molar-refractivity contribution in [1.29, 1.82) is 0 Å². The van der Waals surface area contributed by atoms with Gasteiger partial charge in [-0.05, 0) is 18.8 Å². The number of hydrogen-bond acceptors (Lipinski definition) is 3. The van der Waals surface area contributed by atoms with E-state index in [0.717, 1.165) is 6.42 Å². The fourth-order valence-corrected chi connectivity index (χ4v) is 1.26. The summed E-state index contributed by atoms with van der Waals surface area (Å²) in [6.45, 7) is 8.97. The Balaban J connectivity index is 2.51. The van der Waals surface area contributed by atoms with Crippen molar-refractivity contribution in [3.8, 4) is 5.88 Å². The van der Waals surface area contributed by atoms with Crippen LogP contribution in [-0.4, -0.2) is 16.6 Å². The number of rotatable bonds is 3. The predicted molar refractivity (Wildman–Crippen MR) is 61.3 cm³/mol. The molecule has 0 aliphatic rings. The second-order valence-corrected chi connectivity index (χ2v) is 5.12. The number of aromatic nitrogens is 2. The fraction of sp³-hybridized carbons (Fsp3) is 0.636. The lowest BCUT2D eigenvalue weighted by Gasteiger charge is -2.17. The zero-order valence-corrected chi connectivity index (χ0v) is 10.4. The summed E-state index contributed by atoms with van der Waals surface area (Å²) in [7, 11) is 0. The van der Waals surface area contributed by atoms with Crippen LogP contribution in [0.1, 0.15) is 33.0 Å². The molecule has 1 aromatic rings. The summed E-state index contributed by atoms with van der Waals surface area (Å²) in [5.74, 6) is 1.19. The molecule has 0 aliphatic heterocycles. The summed E-state index contributed by atoms with van der Waals surface area (Å²) in [5.41, 5.74) is 0.270. The van der Waals surface area contributed by atoms with E-state index in [1.807, 2.05) is 0 Å². The van der Waals surface area contributed by atoms with Crippen LogP contribution < -0.4 is 4.74 Å². The Morgan fingerprint density at radius 1 is 1.33 bits per heavy atom. The number of nitrogens with zero attached hydrogens (tertiary/aromatic N) is 2. The topological polar surface area (TPSA) is 35.0 Å². The van der Waals surface area contributed by atoms with E-state index in [-0.39, 0.29) is 5.41 Å². The molecule has 1 heterocycles. The summed E-state index contributed by atoms with van der Waals surface area (Å²) < 4.78 is 5.51. The van der Waals surface area contributed by atoms with Gasteiger partial charge in [-0.25, -0.2) is 4.98 Å². The molecule has 84 valence electrons. The zero-order valence-electron chi connectivity index (χ0n) is 9.67. The van der Waals surface area contributed by atoms with Crippen molar-refractivity contribution in [1.82, 2.24) is 9.97 Å². The second-order valence-electron chi connectivity index (χ2n) is 4.74. The molecule has 3 nitrogen and oxygen atoms in total. The minimum Gasteiger partial charge on any atom is -0.478 e. The van der Waals surface area contributed by atoms with Gasteiger partial charge in [-0.1, -0.05) is 32.4 Å². The van der Waals surface area contributed by atoms with Gasteiger partial charge >= 0.3 is 0 Å². The fourth-order valence-electron chi connectivity index (χ4n) is 1.04. The first-order chi connectivity index (χ1) is 6.87. The molecule has 0 N–H and O–H groups in total. The molecule has 0 bridgehead atoms. The van der Waals surface area contributed by atoms with Gasteiger partial charge in [0.15, 0.2) is 0 Å². The van der Waals surface area contributed by atoms with Crippen LogP contribution in [0.5, 0.6) is 5.88 Å². The Bertz CT molecular complexity index is 314. The SMILES string of the molecule is Cc1nc(Cl)cc(OCCC(C)(C)C)n1. The van der Waals surface area contributed by atoms with Gasteiger partial charge in [-0.15, -0.1) is 0 Å². The molecule has 0 fully saturated rings. The third-order valence-corrected chi connectivity index (χ3v) is 2.08. The van der Waals surface area contributed by atoms with E-state index in [2.05, 4.69) is 30.7 Å². The summed E-state index contributed by atoms with van der Waals surface area (Å²) in [6.07, 6.45) is 0.980. The van der Waals surface area contributed by atoms with Crippen molar-refractivity contribution in [3.05, 3.63) is 17.0 Å². The maximum atomic E-state index is 5.79. The van der Waals surface area contributed by atoms with E-state index < -0.39 is 0 Å². The normalized spacial score (nSPS) is 11.5. The van der Waals surface area contributed by atoms with E-state index in [1.165, 1.54) is 0 Å². The molecular weight excluding hydrogens is 212 g/mol. The summed E-state index contributed by atoms with van der Waals surface area (Å²) >= 11 is 5.79. The Kier molecular flexibility index (Phi) is 3.91. The molecule has 0 unspecified atom stereocenters. The molecule has 0 saturated carbocycles. The first-order valence-corrected chi connectivity index (χ1v) is 5.39. The molecule has 0 aromatic carbocycles. The maximum Gasteiger partial charge on any atom is 0.218 e.